The highest BCUT2D eigenvalue weighted by Gasteiger charge is 2.09. The van der Waals surface area contributed by atoms with Gasteiger partial charge in [-0.2, -0.15) is 0 Å². The Labute approximate surface area is 68.0 Å². The molecule has 1 aromatic heterocycles. The summed E-state index contributed by atoms with van der Waals surface area (Å²) in [6.45, 7) is 3.00. The number of hydrogen-bond acceptors (Lipinski definition) is 1. The number of nitrogens with zero attached hydrogens (tertiary/aromatic N) is 1. The summed E-state index contributed by atoms with van der Waals surface area (Å²) < 4.78 is 6.14. The molecule has 0 atom stereocenters. The van der Waals surface area contributed by atoms with Crippen LogP contribution in [0.1, 0.15) is 11.3 Å². The molecule has 0 radical (unpaired) electrons. The Hall–Kier alpha value is -0.760. The van der Waals surface area contributed by atoms with Gasteiger partial charge in [-0.25, -0.2) is 0 Å². The topological polar surface area (TPSA) is 13.1 Å². The molecule has 0 aliphatic heterocycles. The summed E-state index contributed by atoms with van der Waals surface area (Å²) in [5.74, 6) is 0.994. The lowest BCUT2D eigenvalue weighted by Crippen LogP contribution is -2.33. The molecule has 0 saturated heterocycles. The minimum absolute atomic E-state index is 0.943. The van der Waals surface area contributed by atoms with Crippen LogP contribution in [0.2, 0.25) is 0 Å². The van der Waals surface area contributed by atoms with Crippen molar-refractivity contribution in [2.75, 3.05) is 21.1 Å². The Balaban J connectivity index is 2.65. The Morgan fingerprint density at radius 1 is 1.36 bits per heavy atom. The molecule has 1 rings (SSSR count). The quantitative estimate of drug-likeness (QED) is 0.592. The highest BCUT2D eigenvalue weighted by atomic mass is 16.3. The molecule has 11 heavy (non-hydrogen) atoms. The summed E-state index contributed by atoms with van der Waals surface area (Å²) in [5, 5.41) is 0. The smallest absolute Gasteiger partial charge is 0.107 e. The van der Waals surface area contributed by atoms with Crippen molar-refractivity contribution in [3.05, 3.63) is 23.7 Å². The second kappa shape index (κ2) is 2.70. The lowest BCUT2D eigenvalue weighted by atomic mass is 10.3. The highest BCUT2D eigenvalue weighted by molar-refractivity contribution is 5.10. The molecule has 0 N–H and O–H groups in total. The first kappa shape index (κ1) is 8.34. The molecule has 2 nitrogen and oxygen atoms in total. The average Bonchev–Trinajstić information content (AvgIpc) is 2.10. The van der Waals surface area contributed by atoms with E-state index in [2.05, 4.69) is 27.2 Å². The van der Waals surface area contributed by atoms with Crippen LogP contribution < -0.4 is 0 Å². The van der Waals surface area contributed by atoms with Crippen LogP contribution in [0, 0.1) is 6.92 Å². The van der Waals surface area contributed by atoms with Crippen molar-refractivity contribution < 1.29 is 8.90 Å². The van der Waals surface area contributed by atoms with Gasteiger partial charge >= 0.3 is 0 Å². The van der Waals surface area contributed by atoms with Crippen LogP contribution in [0.5, 0.6) is 0 Å². The van der Waals surface area contributed by atoms with Gasteiger partial charge in [0.1, 0.15) is 12.3 Å². The van der Waals surface area contributed by atoms with Gasteiger partial charge in [-0.1, -0.05) is 0 Å². The number of hydrogen-bond donors (Lipinski definition) is 0. The Kier molecular flexibility index (Phi) is 2.05. The molecule has 0 fully saturated rings. The van der Waals surface area contributed by atoms with Crippen molar-refractivity contribution in [2.45, 2.75) is 13.5 Å². The fraction of sp³-hybridized carbons (Fsp3) is 0.556. The molecule has 1 heterocycles. The van der Waals surface area contributed by atoms with Crippen molar-refractivity contribution in [1.82, 2.24) is 0 Å². The molecule has 0 amide bonds. The maximum atomic E-state index is 5.20. The van der Waals surface area contributed by atoms with Crippen molar-refractivity contribution in [3.63, 3.8) is 0 Å². The van der Waals surface area contributed by atoms with Gasteiger partial charge in [-0.3, -0.25) is 0 Å². The van der Waals surface area contributed by atoms with Gasteiger partial charge in [0.2, 0.25) is 0 Å². The maximum absolute atomic E-state index is 5.20. The minimum atomic E-state index is 0.943. The highest BCUT2D eigenvalue weighted by Crippen LogP contribution is 2.10. The fourth-order valence-corrected chi connectivity index (χ4v) is 1.13. The second-order valence-electron chi connectivity index (χ2n) is 4.01. The van der Waals surface area contributed by atoms with Crippen molar-refractivity contribution in [1.29, 1.82) is 0 Å². The summed E-state index contributed by atoms with van der Waals surface area (Å²) in [4.78, 5) is 0. The van der Waals surface area contributed by atoms with Gasteiger partial charge in [0, 0.05) is 5.56 Å². The van der Waals surface area contributed by atoms with Gasteiger partial charge in [-0.15, -0.1) is 0 Å². The largest absolute Gasteiger partial charge is 0.469 e. The number of quaternary nitrogens is 1. The van der Waals surface area contributed by atoms with E-state index in [1.807, 2.05) is 13.2 Å². The molecule has 0 unspecified atom stereocenters. The normalized spacial score (nSPS) is 12.0. The Morgan fingerprint density at radius 3 is 2.36 bits per heavy atom. The van der Waals surface area contributed by atoms with E-state index in [1.54, 1.807) is 0 Å². The molecule has 62 valence electrons. The van der Waals surface area contributed by atoms with E-state index < -0.39 is 0 Å². The first-order valence-corrected chi connectivity index (χ1v) is 3.82. The molecular weight excluding hydrogens is 138 g/mol. The first-order valence-electron chi connectivity index (χ1n) is 3.82. The van der Waals surface area contributed by atoms with Crippen LogP contribution in [0.15, 0.2) is 16.7 Å². The van der Waals surface area contributed by atoms with Gasteiger partial charge < -0.3 is 8.90 Å². The van der Waals surface area contributed by atoms with Crippen LogP contribution in [0.25, 0.3) is 0 Å². The van der Waals surface area contributed by atoms with Gasteiger partial charge in [-0.05, 0) is 13.0 Å². The number of rotatable bonds is 2. The average molecular weight is 154 g/mol. The lowest BCUT2D eigenvalue weighted by Gasteiger charge is -2.22. The molecule has 0 saturated carbocycles. The Morgan fingerprint density at radius 2 is 2.00 bits per heavy atom. The monoisotopic (exact) mass is 154 g/mol. The molecule has 0 aliphatic rings. The maximum Gasteiger partial charge on any atom is 0.107 e. The van der Waals surface area contributed by atoms with Crippen LogP contribution >= 0.6 is 0 Å². The van der Waals surface area contributed by atoms with E-state index in [9.17, 15) is 0 Å². The zero-order valence-electron chi connectivity index (χ0n) is 7.72. The van der Waals surface area contributed by atoms with Crippen molar-refractivity contribution >= 4 is 0 Å². The molecule has 1 aromatic rings. The van der Waals surface area contributed by atoms with Gasteiger partial charge in [0.25, 0.3) is 0 Å². The van der Waals surface area contributed by atoms with Crippen LogP contribution in [0.3, 0.4) is 0 Å². The standard InChI is InChI=1S/C9H16NO/c1-8-5-9(7-11-8)6-10(2,3)4/h5,7H,6H2,1-4H3/q+1. The van der Waals surface area contributed by atoms with E-state index in [1.165, 1.54) is 5.56 Å². The predicted molar refractivity (Wildman–Crippen MR) is 45.2 cm³/mol. The lowest BCUT2D eigenvalue weighted by molar-refractivity contribution is -0.884. The number of furan rings is 1. The van der Waals surface area contributed by atoms with E-state index in [4.69, 9.17) is 4.42 Å². The molecule has 0 aromatic carbocycles. The third-order valence-corrected chi connectivity index (χ3v) is 1.44. The second-order valence-corrected chi connectivity index (χ2v) is 4.01. The fourth-order valence-electron chi connectivity index (χ4n) is 1.13. The molecule has 0 spiro atoms. The summed E-state index contributed by atoms with van der Waals surface area (Å²) in [5.41, 5.74) is 1.27. The predicted octanol–water partition coefficient (Wildman–Crippen LogP) is 1.79. The third-order valence-electron chi connectivity index (χ3n) is 1.44. The van der Waals surface area contributed by atoms with Gasteiger partial charge in [0.05, 0.1) is 27.4 Å². The van der Waals surface area contributed by atoms with E-state index in [0.717, 1.165) is 16.8 Å². The molecule has 0 aliphatic carbocycles. The van der Waals surface area contributed by atoms with E-state index in [-0.39, 0.29) is 0 Å². The van der Waals surface area contributed by atoms with E-state index >= 15 is 0 Å². The van der Waals surface area contributed by atoms with E-state index in [0.29, 0.717) is 0 Å². The van der Waals surface area contributed by atoms with Crippen molar-refractivity contribution in [2.24, 2.45) is 0 Å². The SMILES string of the molecule is Cc1cc(C[N+](C)(C)C)co1. The summed E-state index contributed by atoms with van der Waals surface area (Å²) in [6, 6.07) is 2.09. The summed E-state index contributed by atoms with van der Waals surface area (Å²) in [7, 11) is 6.51. The number of aryl methyl sites for hydroxylation is 1. The van der Waals surface area contributed by atoms with Crippen LogP contribution in [-0.4, -0.2) is 25.6 Å². The first-order chi connectivity index (χ1) is 4.97. The summed E-state index contributed by atoms with van der Waals surface area (Å²) >= 11 is 0. The van der Waals surface area contributed by atoms with Crippen LogP contribution in [-0.2, 0) is 6.54 Å². The third kappa shape index (κ3) is 2.76. The molecular formula is C9H16NO+. The van der Waals surface area contributed by atoms with Gasteiger partial charge in [0.15, 0.2) is 0 Å². The molecule has 0 bridgehead atoms. The summed E-state index contributed by atoms with van der Waals surface area (Å²) in [6.07, 6.45) is 1.83. The van der Waals surface area contributed by atoms with Crippen molar-refractivity contribution in [3.8, 4) is 0 Å². The zero-order valence-corrected chi connectivity index (χ0v) is 7.72. The minimum Gasteiger partial charge on any atom is -0.469 e. The Bertz CT molecular complexity index is 232. The van der Waals surface area contributed by atoms with Crippen LogP contribution in [0.4, 0.5) is 0 Å². The molecule has 2 heteroatoms. The zero-order chi connectivity index (χ0) is 8.48.